The summed E-state index contributed by atoms with van der Waals surface area (Å²) in [7, 11) is 0. The molecular formula is C19H29N3O3. The number of likely N-dealkylation sites (tertiary alicyclic amines) is 1. The maximum Gasteiger partial charge on any atom is 0.217 e. The van der Waals surface area contributed by atoms with Gasteiger partial charge in [-0.3, -0.25) is 14.5 Å². The van der Waals surface area contributed by atoms with Crippen LogP contribution in [0.1, 0.15) is 31.7 Å². The van der Waals surface area contributed by atoms with E-state index in [4.69, 9.17) is 4.84 Å². The van der Waals surface area contributed by atoms with E-state index in [0.29, 0.717) is 19.7 Å². The number of aliphatic hydroxyl groups excluding tert-OH is 1. The van der Waals surface area contributed by atoms with Crippen LogP contribution in [0.15, 0.2) is 30.3 Å². The molecule has 1 amide bonds. The first-order valence-electron chi connectivity index (χ1n) is 9.24. The Morgan fingerprint density at radius 2 is 1.92 bits per heavy atom. The Bertz CT molecular complexity index is 548. The summed E-state index contributed by atoms with van der Waals surface area (Å²) in [5.74, 6) is -0.119. The van der Waals surface area contributed by atoms with Gasteiger partial charge in [0.15, 0.2) is 0 Å². The van der Waals surface area contributed by atoms with E-state index in [2.05, 4.69) is 10.2 Å². The summed E-state index contributed by atoms with van der Waals surface area (Å²) >= 11 is 0. The molecule has 2 heterocycles. The minimum atomic E-state index is -0.571. The van der Waals surface area contributed by atoms with Gasteiger partial charge in [-0.05, 0) is 31.5 Å². The monoisotopic (exact) mass is 347 g/mol. The van der Waals surface area contributed by atoms with Gasteiger partial charge < -0.3 is 10.4 Å². The summed E-state index contributed by atoms with van der Waals surface area (Å²) in [6.45, 7) is 5.15. The van der Waals surface area contributed by atoms with Crippen molar-refractivity contribution in [3.8, 4) is 0 Å². The first-order valence-corrected chi connectivity index (χ1v) is 9.24. The van der Waals surface area contributed by atoms with Crippen LogP contribution in [0.3, 0.4) is 0 Å². The molecule has 25 heavy (non-hydrogen) atoms. The molecule has 2 N–H and O–H groups in total. The van der Waals surface area contributed by atoms with Gasteiger partial charge in [0, 0.05) is 20.0 Å². The van der Waals surface area contributed by atoms with Crippen LogP contribution in [0.2, 0.25) is 0 Å². The number of piperidine rings is 2. The van der Waals surface area contributed by atoms with Crippen molar-refractivity contribution in [3.05, 3.63) is 35.9 Å². The van der Waals surface area contributed by atoms with Crippen LogP contribution >= 0.6 is 0 Å². The Morgan fingerprint density at radius 3 is 2.60 bits per heavy atom. The lowest BCUT2D eigenvalue weighted by Crippen LogP contribution is -2.65. The van der Waals surface area contributed by atoms with E-state index in [1.807, 2.05) is 35.4 Å². The molecule has 3 atom stereocenters. The number of rotatable bonds is 5. The Morgan fingerprint density at radius 1 is 1.20 bits per heavy atom. The van der Waals surface area contributed by atoms with Gasteiger partial charge in [-0.1, -0.05) is 36.8 Å². The van der Waals surface area contributed by atoms with E-state index in [1.54, 1.807) is 0 Å². The average molecular weight is 347 g/mol. The number of hydroxylamine groups is 2. The van der Waals surface area contributed by atoms with Crippen LogP contribution in [0.5, 0.6) is 0 Å². The number of amides is 1. The maximum atomic E-state index is 11.5. The van der Waals surface area contributed by atoms with E-state index in [0.717, 1.165) is 18.7 Å². The van der Waals surface area contributed by atoms with Crippen molar-refractivity contribution < 1.29 is 14.7 Å². The lowest BCUT2D eigenvalue weighted by molar-refractivity contribution is -0.212. The second-order valence-corrected chi connectivity index (χ2v) is 7.07. The predicted molar refractivity (Wildman–Crippen MR) is 95.6 cm³/mol. The molecule has 6 nitrogen and oxygen atoms in total. The average Bonchev–Trinajstić information content (AvgIpc) is 2.63. The molecule has 2 saturated heterocycles. The number of benzene rings is 1. The summed E-state index contributed by atoms with van der Waals surface area (Å²) in [5, 5.41) is 15.6. The highest BCUT2D eigenvalue weighted by Crippen LogP contribution is 2.22. The predicted octanol–water partition coefficient (Wildman–Crippen LogP) is 1.15. The Balaban J connectivity index is 1.65. The van der Waals surface area contributed by atoms with E-state index >= 15 is 0 Å². The fourth-order valence-corrected chi connectivity index (χ4v) is 3.81. The fourth-order valence-electron chi connectivity index (χ4n) is 3.81. The summed E-state index contributed by atoms with van der Waals surface area (Å²) in [6.07, 6.45) is 3.01. The van der Waals surface area contributed by atoms with Crippen LogP contribution in [-0.2, 0) is 16.2 Å². The van der Waals surface area contributed by atoms with Crippen molar-refractivity contribution in [1.82, 2.24) is 15.3 Å². The Labute approximate surface area is 149 Å². The minimum absolute atomic E-state index is 0.0123. The standard InChI is InChI=1S/C19H29N3O3/c1-15(23)20-17-12-22(25-14-16-8-4-2-5-9-16)13-18(19(17)24)21-10-6-3-7-11-21/h2,4-5,8-9,17-19,24H,3,6-7,10-14H2,1H3,(H,20,23)/t17-,18-,19+/m1/s1. The van der Waals surface area contributed by atoms with Crippen molar-refractivity contribution in [2.45, 2.75) is 51.0 Å². The highest BCUT2D eigenvalue weighted by atomic mass is 16.7. The molecular weight excluding hydrogens is 318 g/mol. The molecule has 6 heteroatoms. The molecule has 0 saturated carbocycles. The number of nitrogens with zero attached hydrogens (tertiary/aromatic N) is 2. The zero-order chi connectivity index (χ0) is 17.6. The van der Waals surface area contributed by atoms with Crippen molar-refractivity contribution in [3.63, 3.8) is 0 Å². The van der Waals surface area contributed by atoms with Gasteiger partial charge in [0.05, 0.1) is 24.8 Å². The number of carbonyl (C=O) groups is 1. The number of aliphatic hydroxyl groups is 1. The molecule has 0 aliphatic carbocycles. The molecule has 0 aromatic heterocycles. The molecule has 138 valence electrons. The quantitative estimate of drug-likeness (QED) is 0.837. The lowest BCUT2D eigenvalue weighted by atomic mass is 9.95. The van der Waals surface area contributed by atoms with Gasteiger partial charge in [-0.15, -0.1) is 0 Å². The first-order chi connectivity index (χ1) is 12.1. The summed E-state index contributed by atoms with van der Waals surface area (Å²) in [6, 6.07) is 9.72. The second kappa shape index (κ2) is 8.76. The van der Waals surface area contributed by atoms with Crippen LogP contribution in [0.25, 0.3) is 0 Å². The minimum Gasteiger partial charge on any atom is -0.389 e. The number of hydrogen-bond acceptors (Lipinski definition) is 5. The normalized spacial score (nSPS) is 28.6. The van der Waals surface area contributed by atoms with Gasteiger partial charge in [0.2, 0.25) is 5.91 Å². The molecule has 0 unspecified atom stereocenters. The lowest BCUT2D eigenvalue weighted by Gasteiger charge is -2.46. The Kier molecular flexibility index (Phi) is 6.42. The van der Waals surface area contributed by atoms with Crippen LogP contribution in [0, 0.1) is 0 Å². The first kappa shape index (κ1) is 18.3. The Hall–Kier alpha value is -1.47. The fraction of sp³-hybridized carbons (Fsp3) is 0.632. The number of hydrogen-bond donors (Lipinski definition) is 2. The molecule has 0 radical (unpaired) electrons. The van der Waals surface area contributed by atoms with Crippen molar-refractivity contribution >= 4 is 5.91 Å². The van der Waals surface area contributed by atoms with E-state index < -0.39 is 6.10 Å². The van der Waals surface area contributed by atoms with Gasteiger partial charge in [0.25, 0.3) is 0 Å². The molecule has 1 aromatic rings. The van der Waals surface area contributed by atoms with Gasteiger partial charge >= 0.3 is 0 Å². The smallest absolute Gasteiger partial charge is 0.217 e. The van der Waals surface area contributed by atoms with Crippen molar-refractivity contribution in [2.75, 3.05) is 26.2 Å². The molecule has 0 spiro atoms. The van der Waals surface area contributed by atoms with Crippen LogP contribution < -0.4 is 5.32 Å². The molecule has 2 aliphatic heterocycles. The zero-order valence-electron chi connectivity index (χ0n) is 14.9. The van der Waals surface area contributed by atoms with Crippen LogP contribution in [0.4, 0.5) is 0 Å². The molecule has 3 rings (SSSR count). The molecule has 2 fully saturated rings. The summed E-state index contributed by atoms with van der Waals surface area (Å²) in [5.41, 5.74) is 1.11. The highest BCUT2D eigenvalue weighted by molar-refractivity contribution is 5.73. The topological polar surface area (TPSA) is 65.0 Å². The van der Waals surface area contributed by atoms with Gasteiger partial charge in [0.1, 0.15) is 0 Å². The largest absolute Gasteiger partial charge is 0.389 e. The maximum absolute atomic E-state index is 11.5. The number of nitrogens with one attached hydrogen (secondary N) is 1. The van der Waals surface area contributed by atoms with Gasteiger partial charge in [-0.25, -0.2) is 0 Å². The zero-order valence-corrected chi connectivity index (χ0v) is 14.9. The van der Waals surface area contributed by atoms with Gasteiger partial charge in [-0.2, -0.15) is 5.06 Å². The third kappa shape index (κ3) is 5.01. The molecule has 1 aromatic carbocycles. The third-order valence-electron chi connectivity index (χ3n) is 5.10. The van der Waals surface area contributed by atoms with Crippen molar-refractivity contribution in [2.24, 2.45) is 0 Å². The molecule has 0 bridgehead atoms. The van der Waals surface area contributed by atoms with E-state index in [1.165, 1.54) is 26.2 Å². The number of carbonyl (C=O) groups excluding carboxylic acids is 1. The van der Waals surface area contributed by atoms with Crippen molar-refractivity contribution in [1.29, 1.82) is 0 Å². The van der Waals surface area contributed by atoms with E-state index in [9.17, 15) is 9.90 Å². The second-order valence-electron chi connectivity index (χ2n) is 7.07. The highest BCUT2D eigenvalue weighted by Gasteiger charge is 2.40. The summed E-state index contributed by atoms with van der Waals surface area (Å²) in [4.78, 5) is 19.9. The third-order valence-corrected chi connectivity index (χ3v) is 5.10. The van der Waals surface area contributed by atoms with Crippen LogP contribution in [-0.4, -0.2) is 65.3 Å². The SMILES string of the molecule is CC(=O)N[C@@H]1CN(OCc2ccccc2)C[C@@H](N2CCCCC2)[C@H]1O. The molecule has 2 aliphatic rings. The van der Waals surface area contributed by atoms with E-state index in [-0.39, 0.29) is 18.0 Å². The summed E-state index contributed by atoms with van der Waals surface area (Å²) < 4.78 is 0.